The number of methoxy groups -OCH3 is 3. The summed E-state index contributed by atoms with van der Waals surface area (Å²) in [6.07, 6.45) is 1.64. The average Bonchev–Trinajstić information content (AvgIpc) is 3.44. The molecule has 0 unspecified atom stereocenters. The molecule has 1 aliphatic rings. The highest BCUT2D eigenvalue weighted by molar-refractivity contribution is 5.91. The number of aromatic nitrogens is 4. The van der Waals surface area contributed by atoms with Crippen molar-refractivity contribution >= 4 is 16.4 Å². The summed E-state index contributed by atoms with van der Waals surface area (Å²) in [7, 11) is 4.89. The maximum Gasteiger partial charge on any atom is 0.228 e. The van der Waals surface area contributed by atoms with Crippen LogP contribution in [0.5, 0.6) is 28.9 Å². The normalized spacial score (nSPS) is 14.0. The summed E-state index contributed by atoms with van der Waals surface area (Å²) in [5.41, 5.74) is 4.46. The lowest BCUT2D eigenvalue weighted by molar-refractivity contribution is 0.355. The molecule has 0 amide bonds. The quantitative estimate of drug-likeness (QED) is 0.267. The standard InChI is InChI=1S/C31H24N4O4/c1-36-21-12-8-19(9-13-21)26-27-22-7-5-4-6-18(22)10-15-24(27)39-31-28(26)30-33-29(34-35(30)17-32-31)20-11-14-23(37-2)25(16-20)38-3/h4-17,26H,1-3H3/t26-/m0/s1. The van der Waals surface area contributed by atoms with Crippen LogP contribution in [0.3, 0.4) is 0 Å². The van der Waals surface area contributed by atoms with Gasteiger partial charge < -0.3 is 18.9 Å². The molecule has 0 saturated carbocycles. The highest BCUT2D eigenvalue weighted by Gasteiger charge is 2.34. The van der Waals surface area contributed by atoms with Crippen molar-refractivity contribution in [1.29, 1.82) is 0 Å². The fourth-order valence-electron chi connectivity index (χ4n) is 5.33. The van der Waals surface area contributed by atoms with Gasteiger partial charge in [-0.1, -0.05) is 42.5 Å². The number of benzene rings is 4. The molecular formula is C31H24N4O4. The molecule has 7 rings (SSSR count). The summed E-state index contributed by atoms with van der Waals surface area (Å²) in [5, 5.41) is 7.01. The van der Waals surface area contributed by atoms with Crippen molar-refractivity contribution in [2.45, 2.75) is 5.92 Å². The summed E-state index contributed by atoms with van der Waals surface area (Å²) in [6.45, 7) is 0. The fourth-order valence-corrected chi connectivity index (χ4v) is 5.33. The van der Waals surface area contributed by atoms with Crippen molar-refractivity contribution in [2.75, 3.05) is 21.3 Å². The van der Waals surface area contributed by atoms with E-state index < -0.39 is 0 Å². The number of hydrogen-bond acceptors (Lipinski definition) is 7. The van der Waals surface area contributed by atoms with Gasteiger partial charge in [0, 0.05) is 17.0 Å². The second-order valence-corrected chi connectivity index (χ2v) is 9.24. The summed E-state index contributed by atoms with van der Waals surface area (Å²) in [5.74, 6) is 3.67. The lowest BCUT2D eigenvalue weighted by Crippen LogP contribution is -2.15. The zero-order chi connectivity index (χ0) is 26.5. The first-order chi connectivity index (χ1) is 19.2. The molecule has 8 nitrogen and oxygen atoms in total. The van der Waals surface area contributed by atoms with Gasteiger partial charge in [-0.3, -0.25) is 0 Å². The molecule has 6 aromatic rings. The summed E-state index contributed by atoms with van der Waals surface area (Å²) >= 11 is 0. The van der Waals surface area contributed by atoms with E-state index in [2.05, 4.69) is 35.3 Å². The molecule has 3 heterocycles. The van der Waals surface area contributed by atoms with Gasteiger partial charge in [-0.2, -0.15) is 0 Å². The van der Waals surface area contributed by atoms with Gasteiger partial charge in [-0.05, 0) is 52.7 Å². The second kappa shape index (κ2) is 9.02. The zero-order valence-corrected chi connectivity index (χ0v) is 21.6. The van der Waals surface area contributed by atoms with Crippen LogP contribution in [0.4, 0.5) is 0 Å². The van der Waals surface area contributed by atoms with Gasteiger partial charge in [-0.15, -0.1) is 5.10 Å². The number of nitrogens with zero attached hydrogens (tertiary/aromatic N) is 4. The minimum absolute atomic E-state index is 0.195. The van der Waals surface area contributed by atoms with Crippen LogP contribution >= 0.6 is 0 Å². The van der Waals surface area contributed by atoms with Crippen molar-refractivity contribution in [3.8, 4) is 40.3 Å². The minimum Gasteiger partial charge on any atom is -0.497 e. The van der Waals surface area contributed by atoms with E-state index in [1.54, 1.807) is 32.2 Å². The lowest BCUT2D eigenvalue weighted by Gasteiger charge is -2.29. The molecule has 0 saturated heterocycles. The molecule has 0 radical (unpaired) electrons. The number of ether oxygens (including phenoxy) is 4. The first-order valence-electron chi connectivity index (χ1n) is 12.5. The maximum absolute atomic E-state index is 6.42. The third-order valence-corrected chi connectivity index (χ3v) is 7.19. The van der Waals surface area contributed by atoms with Crippen LogP contribution in [-0.2, 0) is 0 Å². The molecule has 4 aromatic carbocycles. The van der Waals surface area contributed by atoms with Crippen molar-refractivity contribution in [1.82, 2.24) is 19.6 Å². The van der Waals surface area contributed by atoms with Gasteiger partial charge in [0.05, 0.1) is 26.9 Å². The number of fused-ring (bicyclic) bond motifs is 6. The third-order valence-electron chi connectivity index (χ3n) is 7.19. The van der Waals surface area contributed by atoms with Gasteiger partial charge >= 0.3 is 0 Å². The number of hydrogen-bond donors (Lipinski definition) is 0. The third kappa shape index (κ3) is 3.64. The summed E-state index contributed by atoms with van der Waals surface area (Å²) in [6, 6.07) is 26.2. The van der Waals surface area contributed by atoms with Crippen LogP contribution in [0.2, 0.25) is 0 Å². The second-order valence-electron chi connectivity index (χ2n) is 9.24. The first-order valence-corrected chi connectivity index (χ1v) is 12.5. The molecule has 39 heavy (non-hydrogen) atoms. The van der Waals surface area contributed by atoms with Crippen LogP contribution in [0.1, 0.15) is 22.6 Å². The number of rotatable bonds is 5. The van der Waals surface area contributed by atoms with E-state index in [1.807, 2.05) is 48.5 Å². The van der Waals surface area contributed by atoms with Gasteiger partial charge in [-0.25, -0.2) is 14.5 Å². The van der Waals surface area contributed by atoms with Crippen molar-refractivity contribution in [2.24, 2.45) is 0 Å². The largest absolute Gasteiger partial charge is 0.497 e. The Balaban J connectivity index is 1.48. The Kier molecular flexibility index (Phi) is 5.33. The van der Waals surface area contributed by atoms with E-state index >= 15 is 0 Å². The molecule has 2 aromatic heterocycles. The highest BCUT2D eigenvalue weighted by atomic mass is 16.5. The smallest absolute Gasteiger partial charge is 0.228 e. The molecular weight excluding hydrogens is 492 g/mol. The van der Waals surface area contributed by atoms with Crippen molar-refractivity contribution in [3.05, 3.63) is 102 Å². The van der Waals surface area contributed by atoms with E-state index in [4.69, 9.17) is 29.0 Å². The fraction of sp³-hybridized carbons (Fsp3) is 0.129. The molecule has 0 N–H and O–H groups in total. The zero-order valence-electron chi connectivity index (χ0n) is 21.6. The molecule has 0 spiro atoms. The van der Waals surface area contributed by atoms with Gasteiger partial charge in [0.2, 0.25) is 5.88 Å². The Morgan fingerprint density at radius 3 is 2.41 bits per heavy atom. The Morgan fingerprint density at radius 1 is 0.795 bits per heavy atom. The molecule has 0 fully saturated rings. The SMILES string of the molecule is COc1ccc([C@H]2c3c(ccc4ccccc34)Oc3ncn4nc(-c5ccc(OC)c(OC)c5)nc4c32)cc1. The van der Waals surface area contributed by atoms with Crippen molar-refractivity contribution in [3.63, 3.8) is 0 Å². The van der Waals surface area contributed by atoms with E-state index in [1.165, 1.54) is 0 Å². The molecule has 8 heteroatoms. The average molecular weight is 517 g/mol. The van der Waals surface area contributed by atoms with Crippen LogP contribution in [-0.4, -0.2) is 40.9 Å². The van der Waals surface area contributed by atoms with E-state index in [-0.39, 0.29) is 5.92 Å². The first kappa shape index (κ1) is 23.0. The lowest BCUT2D eigenvalue weighted by atomic mass is 9.81. The van der Waals surface area contributed by atoms with E-state index in [9.17, 15) is 0 Å². The predicted molar refractivity (Wildman–Crippen MR) is 147 cm³/mol. The monoisotopic (exact) mass is 516 g/mol. The summed E-state index contributed by atoms with van der Waals surface area (Å²) < 4.78 is 24.5. The van der Waals surface area contributed by atoms with Gasteiger partial charge in [0.15, 0.2) is 23.0 Å². The molecule has 1 atom stereocenters. The molecule has 192 valence electrons. The Labute approximate surface area is 224 Å². The van der Waals surface area contributed by atoms with Crippen LogP contribution in [0.25, 0.3) is 27.8 Å². The van der Waals surface area contributed by atoms with E-state index in [0.29, 0.717) is 28.9 Å². The Hall–Kier alpha value is -5.11. The Bertz CT molecular complexity index is 1860. The van der Waals surface area contributed by atoms with Crippen molar-refractivity contribution < 1.29 is 18.9 Å². The van der Waals surface area contributed by atoms with Crippen LogP contribution in [0, 0.1) is 0 Å². The van der Waals surface area contributed by atoms with Crippen LogP contribution in [0.15, 0.2) is 85.2 Å². The van der Waals surface area contributed by atoms with Gasteiger partial charge in [0.25, 0.3) is 0 Å². The highest BCUT2D eigenvalue weighted by Crippen LogP contribution is 2.50. The molecule has 0 aliphatic carbocycles. The summed E-state index contributed by atoms with van der Waals surface area (Å²) in [4.78, 5) is 9.67. The van der Waals surface area contributed by atoms with Gasteiger partial charge in [0.1, 0.15) is 17.8 Å². The minimum atomic E-state index is -0.195. The maximum atomic E-state index is 6.42. The molecule has 0 bridgehead atoms. The topological polar surface area (TPSA) is 80.0 Å². The Morgan fingerprint density at radius 2 is 1.62 bits per heavy atom. The van der Waals surface area contributed by atoms with Crippen LogP contribution < -0.4 is 18.9 Å². The predicted octanol–water partition coefficient (Wildman–Crippen LogP) is 6.26. The van der Waals surface area contributed by atoms with E-state index in [0.717, 1.165) is 44.5 Å². The molecule has 1 aliphatic heterocycles.